The number of aryl methyl sites for hydroxylation is 1. The second-order valence-electron chi connectivity index (χ2n) is 10.6. The van der Waals surface area contributed by atoms with Crippen LogP contribution in [0.15, 0.2) is 29.8 Å². The van der Waals surface area contributed by atoms with Gasteiger partial charge in [-0.25, -0.2) is 4.98 Å². The Morgan fingerprint density at radius 3 is 2.52 bits per heavy atom. The van der Waals surface area contributed by atoms with Gasteiger partial charge in [-0.2, -0.15) is 0 Å². The van der Waals surface area contributed by atoms with E-state index in [4.69, 9.17) is 5.73 Å². The van der Waals surface area contributed by atoms with E-state index in [1.807, 2.05) is 33.2 Å². The Kier molecular flexibility index (Phi) is 6.37. The number of aromatic nitrogens is 1. The predicted molar refractivity (Wildman–Crippen MR) is 130 cm³/mol. The summed E-state index contributed by atoms with van der Waals surface area (Å²) < 4.78 is 0. The number of aliphatic hydroxyl groups excluding tert-OH is 1. The molecule has 2 amide bonds. The zero-order valence-electron chi connectivity index (χ0n) is 19.8. The number of thiazole rings is 1. The highest BCUT2D eigenvalue weighted by atomic mass is 32.1. The Labute approximate surface area is 199 Å². The lowest BCUT2D eigenvalue weighted by Crippen LogP contribution is -2.52. The highest BCUT2D eigenvalue weighted by molar-refractivity contribution is 7.13. The number of carbonyl (C=O) groups excluding carboxylic acids is 2. The third-order valence-electron chi connectivity index (χ3n) is 6.87. The molecule has 7 nitrogen and oxygen atoms in total. The minimum Gasteiger partial charge on any atom is -0.391 e. The summed E-state index contributed by atoms with van der Waals surface area (Å²) >= 11 is 1.62. The number of nitrogens with two attached hydrogens (primary N) is 1. The summed E-state index contributed by atoms with van der Waals surface area (Å²) in [6.45, 7) is 7.99. The van der Waals surface area contributed by atoms with Gasteiger partial charge in [0.1, 0.15) is 0 Å². The molecule has 1 aromatic heterocycles. The monoisotopic (exact) mass is 470 g/mol. The van der Waals surface area contributed by atoms with E-state index in [0.29, 0.717) is 6.42 Å². The van der Waals surface area contributed by atoms with Gasteiger partial charge in [0, 0.05) is 19.0 Å². The summed E-state index contributed by atoms with van der Waals surface area (Å²) in [4.78, 5) is 33.0. The number of likely N-dealkylation sites (tertiary alicyclic amines) is 1. The molecule has 0 unspecified atom stereocenters. The zero-order chi connectivity index (χ0) is 24.0. The minimum absolute atomic E-state index is 0.101. The van der Waals surface area contributed by atoms with Crippen LogP contribution in [0.4, 0.5) is 0 Å². The van der Waals surface area contributed by atoms with Crippen molar-refractivity contribution in [3.05, 3.63) is 41.0 Å². The Balaban J connectivity index is 1.41. The van der Waals surface area contributed by atoms with Gasteiger partial charge in [0.25, 0.3) is 0 Å². The minimum atomic E-state index is -0.677. The van der Waals surface area contributed by atoms with E-state index in [-0.39, 0.29) is 41.8 Å². The van der Waals surface area contributed by atoms with Gasteiger partial charge in [0.2, 0.25) is 11.8 Å². The molecule has 1 aromatic carbocycles. The van der Waals surface area contributed by atoms with Crippen LogP contribution in [-0.2, 0) is 15.1 Å². The maximum atomic E-state index is 13.0. The Morgan fingerprint density at radius 2 is 1.97 bits per heavy atom. The summed E-state index contributed by atoms with van der Waals surface area (Å²) in [6, 6.07) is 7.32. The molecule has 4 N–H and O–H groups in total. The van der Waals surface area contributed by atoms with Crippen LogP contribution in [0.3, 0.4) is 0 Å². The number of aliphatic hydroxyl groups is 1. The van der Waals surface area contributed by atoms with Gasteiger partial charge < -0.3 is 21.1 Å². The zero-order valence-corrected chi connectivity index (χ0v) is 20.6. The molecule has 2 fully saturated rings. The topological polar surface area (TPSA) is 109 Å². The quantitative estimate of drug-likeness (QED) is 0.602. The molecule has 1 saturated heterocycles. The first-order valence-corrected chi connectivity index (χ1v) is 12.4. The smallest absolute Gasteiger partial charge is 0.240 e. The van der Waals surface area contributed by atoms with Crippen molar-refractivity contribution >= 4 is 23.2 Å². The number of carbonyl (C=O) groups is 2. The van der Waals surface area contributed by atoms with Crippen molar-refractivity contribution in [2.75, 3.05) is 6.54 Å². The first kappa shape index (κ1) is 23.9. The number of nitrogens with one attached hydrogen (secondary N) is 1. The SMILES string of the molecule is Cc1ncsc1-c1ccc(C2(NC(=O)C[C@@H]3C[C@@H](O)CN3C(=O)[C@@H](N)C(C)(C)C)CC2)cc1. The summed E-state index contributed by atoms with van der Waals surface area (Å²) in [5.41, 5.74) is 10.5. The molecule has 4 rings (SSSR count). The summed E-state index contributed by atoms with van der Waals surface area (Å²) in [5, 5.41) is 13.4. The van der Waals surface area contributed by atoms with Gasteiger partial charge in [-0.3, -0.25) is 9.59 Å². The third kappa shape index (κ3) is 4.98. The number of hydrogen-bond acceptors (Lipinski definition) is 6. The number of β-amino-alcohol motifs (C(OH)–C–C–N with tert-alkyl or cyclic N) is 1. The first-order chi connectivity index (χ1) is 15.5. The van der Waals surface area contributed by atoms with Gasteiger partial charge in [-0.05, 0) is 42.7 Å². The molecule has 1 aliphatic heterocycles. The number of hydrogen-bond donors (Lipinski definition) is 3. The van der Waals surface area contributed by atoms with Crippen LogP contribution in [0.5, 0.6) is 0 Å². The van der Waals surface area contributed by atoms with Gasteiger partial charge in [-0.1, -0.05) is 45.0 Å². The van der Waals surface area contributed by atoms with Crippen molar-refractivity contribution in [3.8, 4) is 10.4 Å². The van der Waals surface area contributed by atoms with Crippen molar-refractivity contribution in [2.45, 2.75) is 77.1 Å². The fourth-order valence-corrected chi connectivity index (χ4v) is 5.38. The fourth-order valence-electron chi connectivity index (χ4n) is 4.57. The summed E-state index contributed by atoms with van der Waals surface area (Å²) in [7, 11) is 0. The Hall–Kier alpha value is -2.29. The fraction of sp³-hybridized carbons (Fsp3) is 0.560. The van der Waals surface area contributed by atoms with Crippen LogP contribution in [0, 0.1) is 12.3 Å². The van der Waals surface area contributed by atoms with Crippen molar-refractivity contribution in [3.63, 3.8) is 0 Å². The largest absolute Gasteiger partial charge is 0.391 e. The lowest BCUT2D eigenvalue weighted by Gasteiger charge is -2.33. The Bertz CT molecular complexity index is 1020. The third-order valence-corrected chi connectivity index (χ3v) is 7.85. The highest BCUT2D eigenvalue weighted by Gasteiger charge is 2.47. The average molecular weight is 471 g/mol. The summed E-state index contributed by atoms with van der Waals surface area (Å²) in [5.74, 6) is -0.303. The van der Waals surface area contributed by atoms with Crippen LogP contribution >= 0.6 is 11.3 Å². The maximum Gasteiger partial charge on any atom is 0.240 e. The van der Waals surface area contributed by atoms with E-state index >= 15 is 0 Å². The van der Waals surface area contributed by atoms with E-state index in [2.05, 4.69) is 34.6 Å². The van der Waals surface area contributed by atoms with Crippen LogP contribution in [0.2, 0.25) is 0 Å². The second kappa shape index (κ2) is 8.81. The number of benzene rings is 1. The van der Waals surface area contributed by atoms with Crippen molar-refractivity contribution in [1.29, 1.82) is 0 Å². The first-order valence-electron chi connectivity index (χ1n) is 11.6. The predicted octanol–water partition coefficient (Wildman–Crippen LogP) is 2.95. The van der Waals surface area contributed by atoms with Crippen molar-refractivity contribution in [2.24, 2.45) is 11.1 Å². The number of rotatable bonds is 6. The molecule has 2 aromatic rings. The second-order valence-corrected chi connectivity index (χ2v) is 11.4. The van der Waals surface area contributed by atoms with Gasteiger partial charge in [0.05, 0.1) is 33.8 Å². The van der Waals surface area contributed by atoms with E-state index in [1.165, 1.54) is 0 Å². The molecule has 1 aliphatic carbocycles. The molecule has 33 heavy (non-hydrogen) atoms. The van der Waals surface area contributed by atoms with E-state index in [9.17, 15) is 14.7 Å². The molecule has 2 heterocycles. The normalized spacial score (nSPS) is 22.8. The average Bonchev–Trinajstić information content (AvgIpc) is 3.24. The molecular formula is C25H34N4O3S. The number of amides is 2. The maximum absolute atomic E-state index is 13.0. The van der Waals surface area contributed by atoms with E-state index < -0.39 is 12.1 Å². The molecule has 1 saturated carbocycles. The summed E-state index contributed by atoms with van der Waals surface area (Å²) in [6.07, 6.45) is 1.72. The molecule has 178 valence electrons. The van der Waals surface area contributed by atoms with Crippen LogP contribution in [0.1, 0.15) is 57.7 Å². The van der Waals surface area contributed by atoms with Crippen molar-refractivity contribution in [1.82, 2.24) is 15.2 Å². The number of nitrogens with zero attached hydrogens (tertiary/aromatic N) is 2. The lowest BCUT2D eigenvalue weighted by atomic mass is 9.86. The van der Waals surface area contributed by atoms with E-state index in [1.54, 1.807) is 16.2 Å². The van der Waals surface area contributed by atoms with Crippen LogP contribution < -0.4 is 11.1 Å². The van der Waals surface area contributed by atoms with Crippen molar-refractivity contribution < 1.29 is 14.7 Å². The van der Waals surface area contributed by atoms with Crippen LogP contribution in [-0.4, -0.2) is 51.5 Å². The Morgan fingerprint density at radius 1 is 1.30 bits per heavy atom. The van der Waals surface area contributed by atoms with Gasteiger partial charge in [-0.15, -0.1) is 11.3 Å². The molecule has 2 aliphatic rings. The highest BCUT2D eigenvalue weighted by Crippen LogP contribution is 2.46. The molecule has 3 atom stereocenters. The standard InChI is InChI=1S/C25H34N4O3S/c1-15-21(33-14-27-15)16-5-7-17(8-6-16)25(9-10-25)28-20(31)12-18-11-19(30)13-29(18)23(32)22(26)24(2,3)4/h5-8,14,18-19,22,30H,9-13,26H2,1-4H3,(H,28,31)/t18-,19+,22+/m0/s1. The van der Waals surface area contributed by atoms with Gasteiger partial charge >= 0.3 is 0 Å². The van der Waals surface area contributed by atoms with E-state index in [0.717, 1.165) is 34.5 Å². The lowest BCUT2D eigenvalue weighted by molar-refractivity contribution is -0.136. The molecule has 8 heteroatoms. The molecular weight excluding hydrogens is 436 g/mol. The molecule has 0 spiro atoms. The molecule has 0 radical (unpaired) electrons. The molecule has 0 bridgehead atoms. The van der Waals surface area contributed by atoms with Gasteiger partial charge in [0.15, 0.2) is 0 Å². The van der Waals surface area contributed by atoms with Crippen LogP contribution in [0.25, 0.3) is 10.4 Å².